The lowest BCUT2D eigenvalue weighted by atomic mass is 10.0. The van der Waals surface area contributed by atoms with Crippen LogP contribution in [0.25, 0.3) is 10.4 Å². The Balaban J connectivity index is 1.57. The molecule has 2 aromatic carbocycles. The smallest absolute Gasteiger partial charge is 0.132 e. The van der Waals surface area contributed by atoms with Gasteiger partial charge in [0.1, 0.15) is 12.1 Å². The Labute approximate surface area is 152 Å². The zero-order chi connectivity index (χ0) is 18.0. The zero-order valence-corrected chi connectivity index (χ0v) is 14.3. The maximum absolute atomic E-state index is 8.93. The van der Waals surface area contributed by atoms with Gasteiger partial charge >= 0.3 is 0 Å². The Hall–Kier alpha value is -2.79. The highest BCUT2D eigenvalue weighted by Gasteiger charge is 2.32. The lowest BCUT2D eigenvalue weighted by Crippen LogP contribution is -2.42. The molecule has 1 aliphatic heterocycles. The molecule has 0 aromatic heterocycles. The van der Waals surface area contributed by atoms with Crippen molar-refractivity contribution in [1.29, 1.82) is 0 Å². The van der Waals surface area contributed by atoms with Crippen LogP contribution in [0.15, 0.2) is 78.1 Å². The molecule has 0 fully saturated rings. The van der Waals surface area contributed by atoms with Crippen molar-refractivity contribution in [3.63, 3.8) is 0 Å². The van der Waals surface area contributed by atoms with E-state index in [1.165, 1.54) is 0 Å². The summed E-state index contributed by atoms with van der Waals surface area (Å²) in [6, 6.07) is 19.3. The minimum absolute atomic E-state index is 0.314. The molecule has 0 saturated heterocycles. The third-order valence-electron chi connectivity index (χ3n) is 4.10. The standard InChI is InChI=1S/C20H21N3O3/c21-23-22-20-18(26-14-17-9-5-2-6-10-17)11-12-25-19(20)15-24-13-16-7-3-1-4-8-16/h1-12,18-20H,13-15H2/t18-,19?,20-/m1/s1. The van der Waals surface area contributed by atoms with E-state index in [4.69, 9.17) is 19.7 Å². The summed E-state index contributed by atoms with van der Waals surface area (Å²) < 4.78 is 17.3. The van der Waals surface area contributed by atoms with Crippen LogP contribution in [-0.4, -0.2) is 24.9 Å². The predicted octanol–water partition coefficient (Wildman–Crippen LogP) is 4.38. The topological polar surface area (TPSA) is 76.5 Å². The largest absolute Gasteiger partial charge is 0.495 e. The molecular weight excluding hydrogens is 330 g/mol. The maximum atomic E-state index is 8.93. The van der Waals surface area contributed by atoms with Crippen LogP contribution in [-0.2, 0) is 27.4 Å². The average Bonchev–Trinajstić information content (AvgIpc) is 2.70. The molecule has 1 unspecified atom stereocenters. The van der Waals surface area contributed by atoms with Crippen LogP contribution in [0.3, 0.4) is 0 Å². The van der Waals surface area contributed by atoms with E-state index < -0.39 is 6.04 Å². The number of benzene rings is 2. The average molecular weight is 351 g/mol. The first kappa shape index (κ1) is 18.0. The third kappa shape index (κ3) is 5.10. The second-order valence-corrected chi connectivity index (χ2v) is 5.96. The SMILES string of the molecule is [N-]=[N+]=N[C@H]1C(COCc2ccccc2)OC=C[C@H]1OCc1ccccc1. The number of ether oxygens (including phenoxy) is 3. The van der Waals surface area contributed by atoms with Gasteiger partial charge in [-0.1, -0.05) is 65.8 Å². The molecule has 0 amide bonds. The van der Waals surface area contributed by atoms with E-state index in [-0.39, 0.29) is 12.2 Å². The molecule has 0 N–H and O–H groups in total. The van der Waals surface area contributed by atoms with Crippen LogP contribution in [0, 0.1) is 0 Å². The molecule has 1 aliphatic rings. The Kier molecular flexibility index (Phi) is 6.67. The lowest BCUT2D eigenvalue weighted by molar-refractivity contribution is -0.0470. The molecule has 0 bridgehead atoms. The van der Waals surface area contributed by atoms with E-state index in [2.05, 4.69) is 10.0 Å². The van der Waals surface area contributed by atoms with Gasteiger partial charge in [0.05, 0.1) is 32.2 Å². The van der Waals surface area contributed by atoms with Crippen molar-refractivity contribution in [2.75, 3.05) is 6.61 Å². The predicted molar refractivity (Wildman–Crippen MR) is 98.1 cm³/mol. The highest BCUT2D eigenvalue weighted by Crippen LogP contribution is 2.21. The van der Waals surface area contributed by atoms with E-state index >= 15 is 0 Å². The Morgan fingerprint density at radius 1 is 0.962 bits per heavy atom. The Morgan fingerprint density at radius 2 is 1.62 bits per heavy atom. The Morgan fingerprint density at radius 3 is 2.27 bits per heavy atom. The van der Waals surface area contributed by atoms with Gasteiger partial charge in [-0.05, 0) is 22.7 Å². The minimum atomic E-state index is -0.482. The van der Waals surface area contributed by atoms with Crippen molar-refractivity contribution >= 4 is 0 Å². The van der Waals surface area contributed by atoms with Gasteiger partial charge in [-0.2, -0.15) is 0 Å². The molecule has 0 spiro atoms. The summed E-state index contributed by atoms with van der Waals surface area (Å²) in [5, 5.41) is 3.88. The third-order valence-corrected chi connectivity index (χ3v) is 4.10. The van der Waals surface area contributed by atoms with Crippen molar-refractivity contribution in [3.8, 4) is 0 Å². The minimum Gasteiger partial charge on any atom is -0.495 e. The van der Waals surface area contributed by atoms with E-state index in [0.717, 1.165) is 11.1 Å². The first-order valence-electron chi connectivity index (χ1n) is 8.50. The molecule has 6 heteroatoms. The van der Waals surface area contributed by atoms with Gasteiger partial charge in [0.15, 0.2) is 0 Å². The van der Waals surface area contributed by atoms with Crippen LogP contribution < -0.4 is 0 Å². The van der Waals surface area contributed by atoms with E-state index in [0.29, 0.717) is 19.8 Å². The van der Waals surface area contributed by atoms with Gasteiger partial charge in [0.25, 0.3) is 0 Å². The first-order chi connectivity index (χ1) is 12.9. The number of rotatable bonds is 8. The monoisotopic (exact) mass is 351 g/mol. The van der Waals surface area contributed by atoms with Gasteiger partial charge in [0.2, 0.25) is 0 Å². The molecular formula is C20H21N3O3. The van der Waals surface area contributed by atoms with Crippen LogP contribution in [0.4, 0.5) is 0 Å². The molecule has 0 radical (unpaired) electrons. The van der Waals surface area contributed by atoms with Crippen molar-refractivity contribution in [1.82, 2.24) is 0 Å². The molecule has 3 atom stereocenters. The molecule has 134 valence electrons. The highest BCUT2D eigenvalue weighted by molar-refractivity contribution is 5.14. The van der Waals surface area contributed by atoms with Crippen molar-refractivity contribution in [2.24, 2.45) is 5.11 Å². The quantitative estimate of drug-likeness (QED) is 0.402. The first-order valence-corrected chi connectivity index (χ1v) is 8.50. The highest BCUT2D eigenvalue weighted by atomic mass is 16.5. The molecule has 2 aromatic rings. The summed E-state index contributed by atoms with van der Waals surface area (Å²) in [6.45, 7) is 1.22. The fraction of sp³-hybridized carbons (Fsp3) is 0.300. The molecule has 3 rings (SSSR count). The second-order valence-electron chi connectivity index (χ2n) is 5.96. The van der Waals surface area contributed by atoms with E-state index in [9.17, 15) is 0 Å². The van der Waals surface area contributed by atoms with Gasteiger partial charge in [-0.15, -0.1) is 0 Å². The number of azide groups is 1. The summed E-state index contributed by atoms with van der Waals surface area (Å²) in [7, 11) is 0. The van der Waals surface area contributed by atoms with Gasteiger partial charge in [-0.3, -0.25) is 0 Å². The van der Waals surface area contributed by atoms with Crippen molar-refractivity contribution < 1.29 is 14.2 Å². The fourth-order valence-corrected chi connectivity index (χ4v) is 2.76. The number of hydrogen-bond acceptors (Lipinski definition) is 4. The van der Waals surface area contributed by atoms with Crippen LogP contribution in [0.2, 0.25) is 0 Å². The van der Waals surface area contributed by atoms with Gasteiger partial charge in [-0.25, -0.2) is 0 Å². The summed E-state index contributed by atoms with van der Waals surface area (Å²) in [5.74, 6) is 0. The van der Waals surface area contributed by atoms with Crippen LogP contribution in [0.5, 0.6) is 0 Å². The summed E-state index contributed by atoms with van der Waals surface area (Å²) >= 11 is 0. The van der Waals surface area contributed by atoms with E-state index in [1.807, 2.05) is 60.7 Å². The molecule has 6 nitrogen and oxygen atoms in total. The van der Waals surface area contributed by atoms with Crippen molar-refractivity contribution in [2.45, 2.75) is 31.5 Å². The number of hydrogen-bond donors (Lipinski definition) is 0. The molecule has 1 heterocycles. The maximum Gasteiger partial charge on any atom is 0.132 e. The lowest BCUT2D eigenvalue weighted by Gasteiger charge is -2.31. The van der Waals surface area contributed by atoms with Gasteiger partial charge in [0, 0.05) is 4.91 Å². The fourth-order valence-electron chi connectivity index (χ4n) is 2.76. The summed E-state index contributed by atoms with van der Waals surface area (Å²) in [6.07, 6.45) is 2.62. The molecule has 26 heavy (non-hydrogen) atoms. The number of nitrogens with zero attached hydrogens (tertiary/aromatic N) is 3. The molecule has 0 saturated carbocycles. The Bertz CT molecular complexity index is 745. The summed E-state index contributed by atoms with van der Waals surface area (Å²) in [4.78, 5) is 2.96. The molecule has 0 aliphatic carbocycles. The van der Waals surface area contributed by atoms with Crippen LogP contribution in [0.1, 0.15) is 11.1 Å². The van der Waals surface area contributed by atoms with Gasteiger partial charge < -0.3 is 14.2 Å². The van der Waals surface area contributed by atoms with Crippen LogP contribution >= 0.6 is 0 Å². The normalized spacial score (nSPS) is 21.6. The van der Waals surface area contributed by atoms with Crippen molar-refractivity contribution in [3.05, 3.63) is 94.6 Å². The zero-order valence-electron chi connectivity index (χ0n) is 14.3. The second kappa shape index (κ2) is 9.63. The van der Waals surface area contributed by atoms with E-state index in [1.54, 1.807) is 12.3 Å². The summed E-state index contributed by atoms with van der Waals surface area (Å²) in [5.41, 5.74) is 11.1.